The van der Waals surface area contributed by atoms with Crippen LogP contribution in [-0.4, -0.2) is 89.2 Å². The van der Waals surface area contributed by atoms with Gasteiger partial charge in [0.25, 0.3) is 5.91 Å². The van der Waals surface area contributed by atoms with Crippen molar-refractivity contribution in [3.05, 3.63) is 5.82 Å². The van der Waals surface area contributed by atoms with Gasteiger partial charge in [0.15, 0.2) is 0 Å². The number of nitrogens with zero attached hydrogens (tertiary/aromatic N) is 5. The molecule has 3 N–H and O–H groups in total. The highest BCUT2D eigenvalue weighted by molar-refractivity contribution is 5.90. The van der Waals surface area contributed by atoms with E-state index in [1.54, 1.807) is 4.90 Å². The van der Waals surface area contributed by atoms with E-state index in [0.717, 1.165) is 26.2 Å². The molecule has 0 bridgehead atoms. The minimum atomic E-state index is -0.128. The van der Waals surface area contributed by atoms with Crippen molar-refractivity contribution in [2.75, 3.05) is 59.1 Å². The number of likely N-dealkylation sites (N-methyl/N-ethyl adjacent to an activating group) is 1. The molecule has 0 aliphatic carbocycles. The Morgan fingerprint density at radius 3 is 2.58 bits per heavy atom. The van der Waals surface area contributed by atoms with Crippen LogP contribution in [0.15, 0.2) is 0 Å². The molecule has 0 spiro atoms. The Morgan fingerprint density at radius 1 is 1.37 bits per heavy atom. The van der Waals surface area contributed by atoms with Crippen LogP contribution in [0.5, 0.6) is 0 Å². The molecule has 0 radical (unpaired) electrons. The molecule has 8 nitrogen and oxygen atoms in total. The number of amides is 1. The number of carbonyl (C=O) groups is 1. The van der Waals surface area contributed by atoms with E-state index in [2.05, 4.69) is 39.1 Å². The zero-order valence-electron chi connectivity index (χ0n) is 11.5. The highest BCUT2D eigenvalue weighted by Gasteiger charge is 2.24. The van der Waals surface area contributed by atoms with Gasteiger partial charge in [0.1, 0.15) is 0 Å². The summed E-state index contributed by atoms with van der Waals surface area (Å²) < 4.78 is 0. The molecule has 2 rings (SSSR count). The first-order valence-electron chi connectivity index (χ1n) is 6.40. The number of rotatable bonds is 4. The van der Waals surface area contributed by atoms with Gasteiger partial charge in [-0.05, 0) is 14.1 Å². The van der Waals surface area contributed by atoms with Crippen LogP contribution in [0.25, 0.3) is 0 Å². The summed E-state index contributed by atoms with van der Waals surface area (Å²) in [6, 6.07) is 0. The van der Waals surface area contributed by atoms with Crippen molar-refractivity contribution in [2.24, 2.45) is 0 Å². The van der Waals surface area contributed by atoms with Crippen molar-refractivity contribution in [3.63, 3.8) is 0 Å². The second-order valence-corrected chi connectivity index (χ2v) is 4.98. The number of piperazine rings is 1. The van der Waals surface area contributed by atoms with E-state index in [0.29, 0.717) is 13.1 Å². The van der Waals surface area contributed by atoms with Gasteiger partial charge in [-0.3, -0.25) is 14.8 Å². The highest BCUT2D eigenvalue weighted by atomic mass is 16.2. The number of nitrogens with one attached hydrogen (secondary N) is 1. The maximum atomic E-state index is 12.1. The minimum Gasteiger partial charge on any atom is -0.366 e. The molecule has 1 saturated heterocycles. The second kappa shape index (κ2) is 5.98. The van der Waals surface area contributed by atoms with Crippen LogP contribution in [0.3, 0.4) is 0 Å². The molecule has 0 saturated carbocycles. The summed E-state index contributed by atoms with van der Waals surface area (Å²) in [6.45, 7) is 5.28. The van der Waals surface area contributed by atoms with Gasteiger partial charge in [-0.1, -0.05) is 0 Å². The van der Waals surface area contributed by atoms with Crippen molar-refractivity contribution in [1.82, 2.24) is 29.9 Å². The van der Waals surface area contributed by atoms with Crippen LogP contribution in [0.2, 0.25) is 0 Å². The third-order valence-electron chi connectivity index (χ3n) is 3.23. The number of nitrogens with two attached hydrogens (primary N) is 1. The smallest absolute Gasteiger partial charge is 0.291 e. The van der Waals surface area contributed by atoms with Crippen molar-refractivity contribution in [3.8, 4) is 0 Å². The number of H-pyrrole nitrogens is 1. The molecule has 0 aromatic carbocycles. The van der Waals surface area contributed by atoms with Gasteiger partial charge in [-0.25, -0.2) is 0 Å². The SMILES string of the molecule is CN(C)CCN1CCN(C(=O)c2nc(N)n[nH]2)CC1. The Hall–Kier alpha value is -1.67. The average molecular weight is 267 g/mol. The van der Waals surface area contributed by atoms with Crippen LogP contribution in [0.1, 0.15) is 10.6 Å². The molecule has 2 heterocycles. The lowest BCUT2D eigenvalue weighted by Gasteiger charge is -2.34. The lowest BCUT2D eigenvalue weighted by Crippen LogP contribution is -2.50. The standard InChI is InChI=1S/C11H21N7O/c1-16(2)3-4-17-5-7-18(8-6-17)10(19)9-13-11(12)15-14-9/h3-8H2,1-2H3,(H3,12,13,14,15). The summed E-state index contributed by atoms with van der Waals surface area (Å²) in [7, 11) is 4.13. The maximum Gasteiger partial charge on any atom is 0.291 e. The highest BCUT2D eigenvalue weighted by Crippen LogP contribution is 2.06. The second-order valence-electron chi connectivity index (χ2n) is 4.98. The summed E-state index contributed by atoms with van der Waals surface area (Å²) in [5.74, 6) is 0.198. The Kier molecular flexibility index (Phi) is 4.33. The summed E-state index contributed by atoms with van der Waals surface area (Å²) in [5, 5.41) is 6.23. The number of nitrogen functional groups attached to an aromatic ring is 1. The van der Waals surface area contributed by atoms with E-state index in [4.69, 9.17) is 5.73 Å². The first-order chi connectivity index (χ1) is 9.06. The van der Waals surface area contributed by atoms with E-state index in [1.165, 1.54) is 0 Å². The number of aromatic nitrogens is 3. The Morgan fingerprint density at radius 2 is 2.05 bits per heavy atom. The Balaban J connectivity index is 1.81. The zero-order chi connectivity index (χ0) is 13.8. The number of aromatic amines is 1. The molecule has 106 valence electrons. The van der Waals surface area contributed by atoms with Crippen molar-refractivity contribution >= 4 is 11.9 Å². The molecule has 1 aliphatic heterocycles. The van der Waals surface area contributed by atoms with Crippen molar-refractivity contribution in [1.29, 1.82) is 0 Å². The predicted molar refractivity (Wildman–Crippen MR) is 71.7 cm³/mol. The van der Waals surface area contributed by atoms with E-state index in [-0.39, 0.29) is 17.7 Å². The third kappa shape index (κ3) is 3.65. The quantitative estimate of drug-likeness (QED) is 0.704. The number of hydrogen-bond donors (Lipinski definition) is 2. The first-order valence-corrected chi connectivity index (χ1v) is 6.40. The molecule has 0 unspecified atom stereocenters. The number of carbonyl (C=O) groups excluding carboxylic acids is 1. The summed E-state index contributed by atoms with van der Waals surface area (Å²) in [6.07, 6.45) is 0. The Labute approximate surface area is 112 Å². The van der Waals surface area contributed by atoms with E-state index in [9.17, 15) is 4.79 Å². The van der Waals surface area contributed by atoms with Crippen LogP contribution < -0.4 is 5.73 Å². The zero-order valence-corrected chi connectivity index (χ0v) is 11.5. The fourth-order valence-electron chi connectivity index (χ4n) is 2.04. The topological polar surface area (TPSA) is 94.4 Å². The molecule has 1 amide bonds. The van der Waals surface area contributed by atoms with Crippen LogP contribution >= 0.6 is 0 Å². The maximum absolute atomic E-state index is 12.1. The summed E-state index contributed by atoms with van der Waals surface area (Å²) in [4.78, 5) is 22.3. The monoisotopic (exact) mass is 267 g/mol. The normalized spacial score (nSPS) is 17.1. The van der Waals surface area contributed by atoms with Crippen LogP contribution in [0.4, 0.5) is 5.95 Å². The molecule has 8 heteroatoms. The van der Waals surface area contributed by atoms with E-state index >= 15 is 0 Å². The van der Waals surface area contributed by atoms with Gasteiger partial charge in [0, 0.05) is 39.3 Å². The van der Waals surface area contributed by atoms with Crippen LogP contribution in [0, 0.1) is 0 Å². The fraction of sp³-hybridized carbons (Fsp3) is 0.727. The Bertz CT molecular complexity index is 422. The lowest BCUT2D eigenvalue weighted by molar-refractivity contribution is 0.0618. The molecule has 1 aromatic rings. The van der Waals surface area contributed by atoms with Crippen molar-refractivity contribution in [2.45, 2.75) is 0 Å². The number of anilines is 1. The average Bonchev–Trinajstić information content (AvgIpc) is 2.83. The van der Waals surface area contributed by atoms with E-state index < -0.39 is 0 Å². The molecule has 0 atom stereocenters. The predicted octanol–water partition coefficient (Wildman–Crippen LogP) is -1.29. The first kappa shape index (κ1) is 13.8. The molecule has 1 fully saturated rings. The summed E-state index contributed by atoms with van der Waals surface area (Å²) >= 11 is 0. The van der Waals surface area contributed by atoms with Crippen molar-refractivity contribution < 1.29 is 4.79 Å². The van der Waals surface area contributed by atoms with Gasteiger partial charge in [-0.15, -0.1) is 5.10 Å². The van der Waals surface area contributed by atoms with Gasteiger partial charge in [0.05, 0.1) is 0 Å². The largest absolute Gasteiger partial charge is 0.366 e. The molecular formula is C11H21N7O. The molecule has 1 aliphatic rings. The van der Waals surface area contributed by atoms with Crippen LogP contribution in [-0.2, 0) is 0 Å². The molecule has 19 heavy (non-hydrogen) atoms. The van der Waals surface area contributed by atoms with Gasteiger partial charge < -0.3 is 15.5 Å². The summed E-state index contributed by atoms with van der Waals surface area (Å²) in [5.41, 5.74) is 5.40. The van der Waals surface area contributed by atoms with Gasteiger partial charge in [-0.2, -0.15) is 4.98 Å². The van der Waals surface area contributed by atoms with Gasteiger partial charge >= 0.3 is 0 Å². The number of hydrogen-bond acceptors (Lipinski definition) is 6. The third-order valence-corrected chi connectivity index (χ3v) is 3.23. The lowest BCUT2D eigenvalue weighted by atomic mass is 10.3. The van der Waals surface area contributed by atoms with Gasteiger partial charge in [0.2, 0.25) is 11.8 Å². The molecule has 1 aromatic heterocycles. The fourth-order valence-corrected chi connectivity index (χ4v) is 2.04. The molecular weight excluding hydrogens is 246 g/mol. The minimum absolute atomic E-state index is 0.105. The van der Waals surface area contributed by atoms with E-state index in [1.807, 2.05) is 0 Å².